The van der Waals surface area contributed by atoms with Gasteiger partial charge in [0, 0.05) is 17.3 Å². The molecule has 0 saturated heterocycles. The highest BCUT2D eigenvalue weighted by atomic mass is 19.1. The molecule has 0 radical (unpaired) electrons. The largest absolute Gasteiger partial charge is 0.377 e. The van der Waals surface area contributed by atoms with Gasteiger partial charge in [-0.1, -0.05) is 18.2 Å². The van der Waals surface area contributed by atoms with Gasteiger partial charge >= 0.3 is 0 Å². The number of benzene rings is 1. The maximum absolute atomic E-state index is 14.9. The first-order valence-electron chi connectivity index (χ1n) is 9.44. The van der Waals surface area contributed by atoms with E-state index in [2.05, 4.69) is 10.4 Å². The van der Waals surface area contributed by atoms with E-state index < -0.39 is 23.5 Å². The Hall–Kier alpha value is -3.42. The highest BCUT2D eigenvalue weighted by Crippen LogP contribution is 2.37. The van der Waals surface area contributed by atoms with Crippen molar-refractivity contribution >= 4 is 23.0 Å². The number of halogens is 1. The number of anilines is 1. The molecule has 0 aliphatic heterocycles. The summed E-state index contributed by atoms with van der Waals surface area (Å²) >= 11 is 0. The molecule has 150 valence electrons. The number of nitrogens with zero attached hydrogens (tertiary/aromatic N) is 2. The van der Waals surface area contributed by atoms with Crippen LogP contribution in [0.4, 0.5) is 10.1 Å². The van der Waals surface area contributed by atoms with Crippen LogP contribution >= 0.6 is 0 Å². The molecule has 2 heterocycles. The fraction of sp³-hybridized carbons (Fsp3) is 0.286. The summed E-state index contributed by atoms with van der Waals surface area (Å²) in [5.41, 5.74) is 12.6. The number of hydrogen-bond acceptors (Lipinski definition) is 4. The van der Waals surface area contributed by atoms with Crippen LogP contribution in [0.5, 0.6) is 0 Å². The molecule has 0 unspecified atom stereocenters. The number of primary amides is 2. The Bertz CT molecular complexity index is 1120. The Kier molecular flexibility index (Phi) is 4.49. The molecule has 3 aromatic rings. The third kappa shape index (κ3) is 3.30. The molecular weight excluding hydrogens is 373 g/mol. The van der Waals surface area contributed by atoms with Crippen LogP contribution in [0.25, 0.3) is 16.6 Å². The monoisotopic (exact) mass is 395 g/mol. The van der Waals surface area contributed by atoms with Crippen molar-refractivity contribution in [1.82, 2.24) is 9.61 Å². The van der Waals surface area contributed by atoms with Gasteiger partial charge < -0.3 is 16.8 Å². The molecule has 8 heteroatoms. The lowest BCUT2D eigenvalue weighted by Crippen LogP contribution is -2.36. The van der Waals surface area contributed by atoms with E-state index in [1.807, 2.05) is 0 Å². The third-order valence-corrected chi connectivity index (χ3v) is 5.61. The number of alkyl halides is 1. The Morgan fingerprint density at radius 3 is 2.62 bits per heavy atom. The summed E-state index contributed by atoms with van der Waals surface area (Å²) < 4.78 is 16.4. The van der Waals surface area contributed by atoms with E-state index >= 15 is 0 Å². The number of fused-ring (bicyclic) bond motifs is 1. The van der Waals surface area contributed by atoms with Crippen LogP contribution in [-0.4, -0.2) is 33.1 Å². The molecule has 5 N–H and O–H groups in total. The number of carbonyl (C=O) groups is 2. The molecule has 29 heavy (non-hydrogen) atoms. The molecule has 1 aliphatic rings. The SMILES string of the molecule is C[C@]1(F)CCC[C@H]1Nc1c(C(N)=O)cnn2cc(-c3ccccc3C(N)=O)cc12. The number of rotatable bonds is 5. The fourth-order valence-electron chi connectivity index (χ4n) is 4.02. The predicted molar refractivity (Wildman–Crippen MR) is 108 cm³/mol. The van der Waals surface area contributed by atoms with Gasteiger partial charge in [0.2, 0.25) is 5.91 Å². The van der Waals surface area contributed by atoms with Crippen molar-refractivity contribution in [2.75, 3.05) is 5.32 Å². The molecule has 2 atom stereocenters. The number of aromatic nitrogens is 2. The average Bonchev–Trinajstić information content (AvgIpc) is 3.25. The summed E-state index contributed by atoms with van der Waals surface area (Å²) in [4.78, 5) is 23.8. The van der Waals surface area contributed by atoms with E-state index in [1.165, 1.54) is 6.20 Å². The molecule has 1 saturated carbocycles. The molecule has 1 aliphatic carbocycles. The summed E-state index contributed by atoms with van der Waals surface area (Å²) in [5.74, 6) is -1.19. The minimum Gasteiger partial charge on any atom is -0.377 e. The number of hydrogen-bond donors (Lipinski definition) is 3. The standard InChI is InChI=1S/C21H22FN5O2/c1-21(22)8-4-7-17(21)26-18-15(20(24)29)10-25-27-11-12(9-16(18)27)13-5-2-3-6-14(13)19(23)28/h2-3,5-6,9-11,17,26H,4,7-8H2,1H3,(H2,23,28)(H2,24,29)/t17-,21+/m1/s1. The number of nitrogens with one attached hydrogen (secondary N) is 1. The number of carbonyl (C=O) groups excluding carboxylic acids is 2. The molecule has 7 nitrogen and oxygen atoms in total. The van der Waals surface area contributed by atoms with Crippen molar-refractivity contribution in [3.63, 3.8) is 0 Å². The quantitative estimate of drug-likeness (QED) is 0.616. The summed E-state index contributed by atoms with van der Waals surface area (Å²) in [7, 11) is 0. The second kappa shape index (κ2) is 6.88. The zero-order valence-electron chi connectivity index (χ0n) is 16.0. The van der Waals surface area contributed by atoms with Crippen LogP contribution in [0.15, 0.2) is 42.7 Å². The Morgan fingerprint density at radius 1 is 1.24 bits per heavy atom. The Morgan fingerprint density at radius 2 is 1.97 bits per heavy atom. The normalized spacial score (nSPS) is 21.4. The molecule has 1 aromatic carbocycles. The van der Waals surface area contributed by atoms with Gasteiger partial charge in [-0.05, 0) is 43.9 Å². The first kappa shape index (κ1) is 18.9. The van der Waals surface area contributed by atoms with E-state index in [4.69, 9.17) is 11.5 Å². The molecule has 2 aromatic heterocycles. The average molecular weight is 395 g/mol. The van der Waals surface area contributed by atoms with Gasteiger partial charge in [0.05, 0.1) is 29.0 Å². The topological polar surface area (TPSA) is 116 Å². The van der Waals surface area contributed by atoms with Gasteiger partial charge in [-0.3, -0.25) is 9.59 Å². The molecular formula is C21H22FN5O2. The first-order valence-corrected chi connectivity index (χ1v) is 9.44. The molecule has 1 fully saturated rings. The maximum atomic E-state index is 14.9. The lowest BCUT2D eigenvalue weighted by atomic mass is 10.0. The van der Waals surface area contributed by atoms with E-state index in [0.29, 0.717) is 40.7 Å². The van der Waals surface area contributed by atoms with E-state index in [1.54, 1.807) is 48.0 Å². The van der Waals surface area contributed by atoms with Crippen molar-refractivity contribution in [3.8, 4) is 11.1 Å². The number of amides is 2. The van der Waals surface area contributed by atoms with Gasteiger partial charge in [0.15, 0.2) is 0 Å². The van der Waals surface area contributed by atoms with Crippen LogP contribution in [0, 0.1) is 0 Å². The highest BCUT2D eigenvalue weighted by molar-refractivity contribution is 6.03. The van der Waals surface area contributed by atoms with Crippen LogP contribution in [0.2, 0.25) is 0 Å². The second-order valence-electron chi connectivity index (χ2n) is 7.63. The lowest BCUT2D eigenvalue weighted by molar-refractivity contribution is 0.0992. The van der Waals surface area contributed by atoms with Crippen molar-refractivity contribution in [2.45, 2.75) is 37.9 Å². The van der Waals surface area contributed by atoms with Gasteiger partial charge in [-0.25, -0.2) is 8.91 Å². The van der Waals surface area contributed by atoms with Crippen LogP contribution in [0.3, 0.4) is 0 Å². The highest BCUT2D eigenvalue weighted by Gasteiger charge is 2.39. The van der Waals surface area contributed by atoms with Crippen molar-refractivity contribution < 1.29 is 14.0 Å². The van der Waals surface area contributed by atoms with Gasteiger partial charge in [-0.2, -0.15) is 5.10 Å². The number of nitrogens with two attached hydrogens (primary N) is 2. The summed E-state index contributed by atoms with van der Waals surface area (Å²) in [5, 5.41) is 7.46. The van der Waals surface area contributed by atoms with Crippen molar-refractivity contribution in [3.05, 3.63) is 53.9 Å². The first-order chi connectivity index (χ1) is 13.8. The summed E-state index contributed by atoms with van der Waals surface area (Å²) in [6.07, 6.45) is 4.96. The van der Waals surface area contributed by atoms with E-state index in [9.17, 15) is 14.0 Å². The second-order valence-corrected chi connectivity index (χ2v) is 7.63. The molecule has 0 spiro atoms. The third-order valence-electron chi connectivity index (χ3n) is 5.61. The lowest BCUT2D eigenvalue weighted by Gasteiger charge is -2.26. The zero-order valence-corrected chi connectivity index (χ0v) is 16.0. The Balaban J connectivity index is 1.87. The van der Waals surface area contributed by atoms with Crippen LogP contribution in [0.1, 0.15) is 46.9 Å². The van der Waals surface area contributed by atoms with Gasteiger partial charge in [-0.15, -0.1) is 0 Å². The summed E-state index contributed by atoms with van der Waals surface area (Å²) in [6.45, 7) is 1.56. The summed E-state index contributed by atoms with van der Waals surface area (Å²) in [6, 6.07) is 8.31. The molecule has 2 amide bonds. The van der Waals surface area contributed by atoms with Crippen molar-refractivity contribution in [1.29, 1.82) is 0 Å². The van der Waals surface area contributed by atoms with Crippen molar-refractivity contribution in [2.24, 2.45) is 11.5 Å². The smallest absolute Gasteiger partial charge is 0.252 e. The van der Waals surface area contributed by atoms with E-state index in [0.717, 1.165) is 6.42 Å². The Labute approximate surface area is 166 Å². The predicted octanol–water partition coefficient (Wildman–Crippen LogP) is 2.89. The molecule has 0 bridgehead atoms. The molecule has 4 rings (SSSR count). The van der Waals surface area contributed by atoms with Gasteiger partial charge in [0.25, 0.3) is 5.91 Å². The minimum absolute atomic E-state index is 0.188. The van der Waals surface area contributed by atoms with Crippen LogP contribution < -0.4 is 16.8 Å². The van der Waals surface area contributed by atoms with Gasteiger partial charge in [0.1, 0.15) is 5.67 Å². The maximum Gasteiger partial charge on any atom is 0.252 e. The minimum atomic E-state index is -1.39. The zero-order chi connectivity index (χ0) is 20.8. The van der Waals surface area contributed by atoms with Crippen LogP contribution in [-0.2, 0) is 0 Å². The fourth-order valence-corrected chi connectivity index (χ4v) is 4.02. The van der Waals surface area contributed by atoms with E-state index in [-0.39, 0.29) is 5.56 Å².